The van der Waals surface area contributed by atoms with Crippen molar-refractivity contribution in [3.05, 3.63) is 40.5 Å². The lowest BCUT2D eigenvalue weighted by Crippen LogP contribution is -2.05. The van der Waals surface area contributed by atoms with E-state index in [2.05, 4.69) is 20.2 Å². The highest BCUT2D eigenvalue weighted by Crippen LogP contribution is 2.28. The van der Waals surface area contributed by atoms with Crippen molar-refractivity contribution in [1.82, 2.24) is 20.2 Å². The summed E-state index contributed by atoms with van der Waals surface area (Å²) in [5.74, 6) is 0.222. The molecule has 2 aromatic heterocycles. The van der Waals surface area contributed by atoms with Crippen LogP contribution in [0.2, 0.25) is 10.0 Å². The maximum atomic E-state index is 11.5. The van der Waals surface area contributed by atoms with Gasteiger partial charge in [0.1, 0.15) is 0 Å². The van der Waals surface area contributed by atoms with E-state index in [0.29, 0.717) is 10.6 Å². The summed E-state index contributed by atoms with van der Waals surface area (Å²) in [4.78, 5) is 7.56. The predicted octanol–water partition coefficient (Wildman–Crippen LogP) is 2.90. The minimum Gasteiger partial charge on any atom is -0.415 e. The molecular weight excluding hydrogens is 363 g/mol. The zero-order valence-electron chi connectivity index (χ0n) is 11.6. The highest BCUT2D eigenvalue weighted by molar-refractivity contribution is 7.90. The lowest BCUT2D eigenvalue weighted by atomic mass is 10.2. The molecule has 0 aliphatic rings. The van der Waals surface area contributed by atoms with Crippen LogP contribution < -0.4 is 0 Å². The molecule has 0 atom stereocenters. The first-order chi connectivity index (χ1) is 10.8. The SMILES string of the molecule is CS(=O)(=O)c1ncc(Cl)c(-c2nnc(-c3ccc(Cl)cc3)o2)n1. The van der Waals surface area contributed by atoms with Gasteiger partial charge in [0.2, 0.25) is 20.9 Å². The molecule has 0 unspecified atom stereocenters. The summed E-state index contributed by atoms with van der Waals surface area (Å²) in [7, 11) is -3.59. The van der Waals surface area contributed by atoms with Crippen LogP contribution in [0.25, 0.3) is 23.0 Å². The number of benzene rings is 1. The molecule has 0 saturated heterocycles. The van der Waals surface area contributed by atoms with E-state index in [1.807, 2.05) is 0 Å². The fourth-order valence-corrected chi connectivity index (χ4v) is 2.51. The Bertz CT molecular complexity index is 971. The van der Waals surface area contributed by atoms with Crippen molar-refractivity contribution in [1.29, 1.82) is 0 Å². The lowest BCUT2D eigenvalue weighted by Gasteiger charge is -2.00. The van der Waals surface area contributed by atoms with Crippen LogP contribution >= 0.6 is 23.2 Å². The van der Waals surface area contributed by atoms with Gasteiger partial charge in [-0.15, -0.1) is 10.2 Å². The molecular formula is C13H8Cl2N4O3S. The van der Waals surface area contributed by atoms with E-state index in [4.69, 9.17) is 27.6 Å². The molecule has 0 radical (unpaired) electrons. The van der Waals surface area contributed by atoms with Crippen molar-refractivity contribution in [2.75, 3.05) is 6.26 Å². The number of nitrogens with zero attached hydrogens (tertiary/aromatic N) is 4. The molecule has 3 aromatic rings. The van der Waals surface area contributed by atoms with Crippen LogP contribution in [-0.4, -0.2) is 34.8 Å². The summed E-state index contributed by atoms with van der Waals surface area (Å²) in [6.45, 7) is 0. The van der Waals surface area contributed by atoms with E-state index in [1.165, 1.54) is 6.20 Å². The Morgan fingerprint density at radius 2 is 1.70 bits per heavy atom. The standard InChI is InChI=1S/C13H8Cl2N4O3S/c1-23(20,21)13-16-6-9(15)10(17-13)12-19-18-11(22-12)7-2-4-8(14)5-3-7/h2-6H,1H3. The van der Waals surface area contributed by atoms with E-state index < -0.39 is 9.84 Å². The molecule has 3 rings (SSSR count). The second-order valence-corrected chi connectivity index (χ2v) is 7.29. The van der Waals surface area contributed by atoms with Crippen LogP contribution in [0.4, 0.5) is 0 Å². The van der Waals surface area contributed by atoms with Crippen molar-refractivity contribution in [2.45, 2.75) is 5.16 Å². The third kappa shape index (κ3) is 3.34. The highest BCUT2D eigenvalue weighted by Gasteiger charge is 2.19. The number of sulfone groups is 1. The Morgan fingerprint density at radius 1 is 1.04 bits per heavy atom. The average Bonchev–Trinajstić information content (AvgIpc) is 2.97. The summed E-state index contributed by atoms with van der Waals surface area (Å²) < 4.78 is 28.6. The maximum Gasteiger partial charge on any atom is 0.268 e. The van der Waals surface area contributed by atoms with Crippen LogP contribution in [0.15, 0.2) is 40.0 Å². The van der Waals surface area contributed by atoms with Crippen molar-refractivity contribution in [3.63, 3.8) is 0 Å². The van der Waals surface area contributed by atoms with Gasteiger partial charge in [0.25, 0.3) is 5.89 Å². The highest BCUT2D eigenvalue weighted by atomic mass is 35.5. The van der Waals surface area contributed by atoms with Gasteiger partial charge in [-0.2, -0.15) is 0 Å². The predicted molar refractivity (Wildman–Crippen MR) is 83.9 cm³/mol. The van der Waals surface area contributed by atoms with Crippen LogP contribution in [0.1, 0.15) is 0 Å². The van der Waals surface area contributed by atoms with Crippen molar-refractivity contribution in [3.8, 4) is 23.0 Å². The monoisotopic (exact) mass is 370 g/mol. The average molecular weight is 371 g/mol. The lowest BCUT2D eigenvalue weighted by molar-refractivity contribution is 0.578. The van der Waals surface area contributed by atoms with Crippen LogP contribution in [-0.2, 0) is 9.84 Å². The van der Waals surface area contributed by atoms with Gasteiger partial charge in [0.05, 0.1) is 11.2 Å². The van der Waals surface area contributed by atoms with Gasteiger partial charge in [-0.25, -0.2) is 18.4 Å². The number of hydrogen-bond acceptors (Lipinski definition) is 7. The minimum atomic E-state index is -3.59. The largest absolute Gasteiger partial charge is 0.415 e. The van der Waals surface area contributed by atoms with Gasteiger partial charge >= 0.3 is 0 Å². The smallest absolute Gasteiger partial charge is 0.268 e. The van der Waals surface area contributed by atoms with Crippen molar-refractivity contribution >= 4 is 33.0 Å². The second kappa shape index (κ2) is 5.88. The summed E-state index contributed by atoms with van der Waals surface area (Å²) in [6, 6.07) is 6.78. The first-order valence-electron chi connectivity index (χ1n) is 6.17. The quantitative estimate of drug-likeness (QED) is 0.653. The summed E-state index contributed by atoms with van der Waals surface area (Å²) >= 11 is 11.8. The Hall–Kier alpha value is -2.03. The summed E-state index contributed by atoms with van der Waals surface area (Å²) in [5, 5.41) is 8.05. The number of rotatable bonds is 3. The van der Waals surface area contributed by atoms with E-state index in [1.54, 1.807) is 24.3 Å². The summed E-state index contributed by atoms with van der Waals surface area (Å²) in [5.41, 5.74) is 0.705. The third-order valence-electron chi connectivity index (χ3n) is 2.77. The van der Waals surface area contributed by atoms with Gasteiger partial charge in [-0.05, 0) is 24.3 Å². The first-order valence-corrected chi connectivity index (χ1v) is 8.82. The van der Waals surface area contributed by atoms with Crippen molar-refractivity contribution < 1.29 is 12.8 Å². The molecule has 2 heterocycles. The van der Waals surface area contributed by atoms with Gasteiger partial charge < -0.3 is 4.42 Å². The normalized spacial score (nSPS) is 11.6. The van der Waals surface area contributed by atoms with Gasteiger partial charge in [0.15, 0.2) is 5.69 Å². The second-order valence-electron chi connectivity index (χ2n) is 4.54. The Kier molecular flexibility index (Phi) is 4.05. The van der Waals surface area contributed by atoms with E-state index in [-0.39, 0.29) is 27.7 Å². The molecule has 0 N–H and O–H groups in total. The molecule has 0 aliphatic carbocycles. The Morgan fingerprint density at radius 3 is 2.35 bits per heavy atom. The zero-order chi connectivity index (χ0) is 16.6. The molecule has 0 aliphatic heterocycles. The van der Waals surface area contributed by atoms with Gasteiger partial charge in [-0.3, -0.25) is 0 Å². The molecule has 10 heteroatoms. The molecule has 118 valence electrons. The fraction of sp³-hybridized carbons (Fsp3) is 0.0769. The molecule has 0 fully saturated rings. The molecule has 0 saturated carbocycles. The van der Waals surface area contributed by atoms with E-state index in [9.17, 15) is 8.42 Å². The van der Waals surface area contributed by atoms with Crippen molar-refractivity contribution in [2.24, 2.45) is 0 Å². The molecule has 1 aromatic carbocycles. The molecule has 0 spiro atoms. The van der Waals surface area contributed by atoms with E-state index >= 15 is 0 Å². The Labute approximate surface area is 141 Å². The molecule has 23 heavy (non-hydrogen) atoms. The topological polar surface area (TPSA) is 98.8 Å². The number of hydrogen-bond donors (Lipinski definition) is 0. The summed E-state index contributed by atoms with van der Waals surface area (Å²) in [6.07, 6.45) is 2.17. The number of aromatic nitrogens is 4. The Balaban J connectivity index is 2.05. The molecule has 7 nitrogen and oxygen atoms in total. The third-order valence-corrected chi connectivity index (χ3v) is 4.16. The molecule has 0 amide bonds. The molecule has 0 bridgehead atoms. The van der Waals surface area contributed by atoms with E-state index in [0.717, 1.165) is 6.26 Å². The zero-order valence-corrected chi connectivity index (χ0v) is 13.9. The minimum absolute atomic E-state index is 0.00718. The fourth-order valence-electron chi connectivity index (χ4n) is 1.71. The van der Waals surface area contributed by atoms with Gasteiger partial charge in [0, 0.05) is 16.8 Å². The van der Waals surface area contributed by atoms with Crippen LogP contribution in [0.3, 0.4) is 0 Å². The van der Waals surface area contributed by atoms with Crippen LogP contribution in [0.5, 0.6) is 0 Å². The van der Waals surface area contributed by atoms with Gasteiger partial charge in [-0.1, -0.05) is 23.2 Å². The van der Waals surface area contributed by atoms with Crippen LogP contribution in [0, 0.1) is 0 Å². The first kappa shape index (κ1) is 15.9. The number of halogens is 2. The maximum absolute atomic E-state index is 11.5.